The number of hydrogen-bond acceptors (Lipinski definition) is 4. The summed E-state index contributed by atoms with van der Waals surface area (Å²) in [4.78, 5) is 17.3. The van der Waals surface area contributed by atoms with Gasteiger partial charge in [-0.1, -0.05) is 30.3 Å². The molecule has 4 N–H and O–H groups in total. The lowest BCUT2D eigenvalue weighted by Crippen LogP contribution is -2.20. The van der Waals surface area contributed by atoms with Crippen LogP contribution >= 0.6 is 0 Å². The van der Waals surface area contributed by atoms with Gasteiger partial charge >= 0.3 is 6.03 Å². The van der Waals surface area contributed by atoms with Crippen molar-refractivity contribution in [2.24, 2.45) is 9.50 Å². The molecule has 150 valence electrons. The minimum atomic E-state index is -3.81. The SMILES string of the molecule is Cc1nc2c(c(NC(=O)N=S(N)(=O)c3[nH]ncc3F)c1-c1ccccc1)CCC2. The normalized spacial score (nSPS) is 14.9. The highest BCUT2D eigenvalue weighted by atomic mass is 32.2. The van der Waals surface area contributed by atoms with Gasteiger partial charge in [-0.05, 0) is 37.3 Å². The number of fused-ring (bicyclic) bond motifs is 1. The maximum absolute atomic E-state index is 13.7. The summed E-state index contributed by atoms with van der Waals surface area (Å²) in [7, 11) is -3.81. The Bertz CT molecular complexity index is 1210. The first-order valence-electron chi connectivity index (χ1n) is 8.99. The molecule has 1 aromatic carbocycles. The number of amides is 2. The predicted molar refractivity (Wildman–Crippen MR) is 107 cm³/mol. The summed E-state index contributed by atoms with van der Waals surface area (Å²) in [5, 5.41) is 13.4. The zero-order chi connectivity index (χ0) is 20.6. The minimum Gasteiger partial charge on any atom is -0.304 e. The van der Waals surface area contributed by atoms with Crippen molar-refractivity contribution >= 4 is 21.6 Å². The summed E-state index contributed by atoms with van der Waals surface area (Å²) >= 11 is 0. The van der Waals surface area contributed by atoms with Crippen molar-refractivity contribution < 1.29 is 13.4 Å². The molecule has 1 aliphatic carbocycles. The van der Waals surface area contributed by atoms with Gasteiger partial charge in [-0.15, -0.1) is 4.36 Å². The van der Waals surface area contributed by atoms with Crippen molar-refractivity contribution in [1.82, 2.24) is 15.2 Å². The summed E-state index contributed by atoms with van der Waals surface area (Å²) < 4.78 is 29.8. The quantitative estimate of drug-likeness (QED) is 0.607. The standard InChI is InChI=1S/C19H19FN6O2S/c1-11-16(12-6-3-2-4-7-12)17(13-8-5-9-15(13)23-11)24-19(27)26-29(21,28)18-14(20)10-22-25-18/h2-4,6-7,10H,5,8-9H2,1H3,(H,22,25)(H3,21,23,24,26,27,28). The van der Waals surface area contributed by atoms with Crippen LogP contribution in [0.3, 0.4) is 0 Å². The average Bonchev–Trinajstić information content (AvgIpc) is 3.31. The Labute approximate surface area is 167 Å². The fraction of sp³-hybridized carbons (Fsp3) is 0.211. The first-order valence-corrected chi connectivity index (χ1v) is 10.6. The maximum Gasteiger partial charge on any atom is 0.354 e. The molecule has 0 radical (unpaired) electrons. The van der Waals surface area contributed by atoms with Crippen molar-refractivity contribution in [2.45, 2.75) is 31.2 Å². The van der Waals surface area contributed by atoms with E-state index in [0.717, 1.165) is 53.5 Å². The Morgan fingerprint density at radius 1 is 1.31 bits per heavy atom. The molecule has 10 heteroatoms. The molecule has 1 aliphatic rings. The third-order valence-electron chi connectivity index (χ3n) is 4.77. The lowest BCUT2D eigenvalue weighted by atomic mass is 9.98. The molecular weight excluding hydrogens is 395 g/mol. The number of carbonyl (C=O) groups is 1. The van der Waals surface area contributed by atoms with Gasteiger partial charge in [-0.2, -0.15) is 5.10 Å². The minimum absolute atomic E-state index is 0.521. The van der Waals surface area contributed by atoms with E-state index in [1.54, 1.807) is 0 Å². The van der Waals surface area contributed by atoms with Gasteiger partial charge < -0.3 is 5.32 Å². The first kappa shape index (κ1) is 19.2. The van der Waals surface area contributed by atoms with Gasteiger partial charge in [-0.25, -0.2) is 18.5 Å². The second-order valence-corrected chi connectivity index (χ2v) is 8.46. The number of aryl methyl sites for hydroxylation is 2. The van der Waals surface area contributed by atoms with Gasteiger partial charge in [-0.3, -0.25) is 10.1 Å². The zero-order valence-corrected chi connectivity index (χ0v) is 16.4. The number of aromatic amines is 1. The molecule has 2 heterocycles. The molecule has 1 atom stereocenters. The number of benzene rings is 1. The Hall–Kier alpha value is -3.11. The van der Waals surface area contributed by atoms with E-state index in [1.807, 2.05) is 37.3 Å². The molecule has 8 nitrogen and oxygen atoms in total. The summed E-state index contributed by atoms with van der Waals surface area (Å²) in [6.45, 7) is 1.87. The van der Waals surface area contributed by atoms with Crippen molar-refractivity contribution in [3.63, 3.8) is 0 Å². The Morgan fingerprint density at radius 3 is 2.76 bits per heavy atom. The molecule has 3 aromatic rings. The van der Waals surface area contributed by atoms with Crippen LogP contribution in [0.1, 0.15) is 23.4 Å². The highest BCUT2D eigenvalue weighted by Gasteiger charge is 2.24. The van der Waals surface area contributed by atoms with Gasteiger partial charge in [0.15, 0.2) is 20.8 Å². The predicted octanol–water partition coefficient (Wildman–Crippen LogP) is 3.34. The van der Waals surface area contributed by atoms with Crippen LogP contribution in [0.5, 0.6) is 0 Å². The van der Waals surface area contributed by atoms with Crippen LogP contribution in [0, 0.1) is 12.7 Å². The van der Waals surface area contributed by atoms with E-state index >= 15 is 0 Å². The molecule has 4 rings (SSSR count). The summed E-state index contributed by atoms with van der Waals surface area (Å²) in [6.07, 6.45) is 3.32. The number of anilines is 1. The highest BCUT2D eigenvalue weighted by molar-refractivity contribution is 7.91. The molecule has 2 aromatic heterocycles. The van der Waals surface area contributed by atoms with E-state index in [9.17, 15) is 13.4 Å². The molecular formula is C19H19FN6O2S. The largest absolute Gasteiger partial charge is 0.354 e. The van der Waals surface area contributed by atoms with E-state index < -0.39 is 26.8 Å². The van der Waals surface area contributed by atoms with Gasteiger partial charge in [0.05, 0.1) is 11.9 Å². The molecule has 0 aliphatic heterocycles. The number of urea groups is 1. The summed E-state index contributed by atoms with van der Waals surface area (Å²) in [6, 6.07) is 8.60. The highest BCUT2D eigenvalue weighted by Crippen LogP contribution is 2.38. The molecule has 2 amide bonds. The van der Waals surface area contributed by atoms with Crippen LogP contribution in [-0.2, 0) is 22.8 Å². The van der Waals surface area contributed by atoms with Crippen molar-refractivity contribution in [3.05, 3.63) is 59.3 Å². The van der Waals surface area contributed by atoms with Crippen LogP contribution in [0.25, 0.3) is 11.1 Å². The molecule has 0 saturated heterocycles. The third kappa shape index (κ3) is 3.64. The number of carbonyl (C=O) groups excluding carboxylic acids is 1. The molecule has 29 heavy (non-hydrogen) atoms. The number of nitrogens with one attached hydrogen (secondary N) is 2. The monoisotopic (exact) mass is 414 g/mol. The number of hydrogen-bond donors (Lipinski definition) is 3. The van der Waals surface area contributed by atoms with Gasteiger partial charge in [0.1, 0.15) is 0 Å². The number of nitrogens with zero attached hydrogens (tertiary/aromatic N) is 3. The van der Waals surface area contributed by atoms with Crippen LogP contribution < -0.4 is 10.5 Å². The average molecular weight is 414 g/mol. The van der Waals surface area contributed by atoms with Crippen LogP contribution in [-0.4, -0.2) is 25.4 Å². The number of pyridine rings is 1. The smallest absolute Gasteiger partial charge is 0.304 e. The number of aromatic nitrogens is 3. The summed E-state index contributed by atoms with van der Waals surface area (Å²) in [5.74, 6) is -0.917. The Balaban J connectivity index is 1.79. The van der Waals surface area contributed by atoms with E-state index in [0.29, 0.717) is 5.69 Å². The van der Waals surface area contributed by atoms with Crippen molar-refractivity contribution in [2.75, 3.05) is 5.32 Å². The van der Waals surface area contributed by atoms with Gasteiger partial charge in [0.25, 0.3) is 0 Å². The lowest BCUT2D eigenvalue weighted by molar-refractivity contribution is 0.260. The van der Waals surface area contributed by atoms with Gasteiger partial charge in [0, 0.05) is 17.0 Å². The molecule has 0 fully saturated rings. The maximum atomic E-state index is 13.7. The van der Waals surface area contributed by atoms with E-state index in [1.165, 1.54) is 0 Å². The Morgan fingerprint density at radius 2 is 2.07 bits per heavy atom. The second-order valence-electron chi connectivity index (χ2n) is 6.73. The van der Waals surface area contributed by atoms with Crippen LogP contribution in [0.4, 0.5) is 14.9 Å². The zero-order valence-electron chi connectivity index (χ0n) is 15.6. The van der Waals surface area contributed by atoms with Crippen LogP contribution in [0.15, 0.2) is 45.9 Å². The van der Waals surface area contributed by atoms with Crippen LogP contribution in [0.2, 0.25) is 0 Å². The molecule has 0 spiro atoms. The molecule has 0 bridgehead atoms. The lowest BCUT2D eigenvalue weighted by Gasteiger charge is -2.17. The number of H-pyrrole nitrogens is 1. The molecule has 0 saturated carbocycles. The van der Waals surface area contributed by atoms with E-state index in [2.05, 4.69) is 19.9 Å². The Kier molecular flexibility index (Phi) is 4.89. The topological polar surface area (TPSA) is 126 Å². The fourth-order valence-electron chi connectivity index (χ4n) is 3.57. The summed E-state index contributed by atoms with van der Waals surface area (Å²) in [5.41, 5.74) is 4.84. The number of nitrogens with two attached hydrogens (primary N) is 1. The fourth-order valence-corrected chi connectivity index (χ4v) is 4.47. The first-order chi connectivity index (χ1) is 13.9. The number of halogens is 1. The second kappa shape index (κ2) is 7.37. The van der Waals surface area contributed by atoms with E-state index in [4.69, 9.17) is 10.1 Å². The van der Waals surface area contributed by atoms with Crippen molar-refractivity contribution in [3.8, 4) is 11.1 Å². The third-order valence-corrected chi connectivity index (χ3v) is 6.08. The van der Waals surface area contributed by atoms with Crippen molar-refractivity contribution in [1.29, 1.82) is 0 Å². The molecule has 1 unspecified atom stereocenters. The van der Waals surface area contributed by atoms with Gasteiger partial charge in [0.2, 0.25) is 0 Å². The number of rotatable bonds is 3. The van der Waals surface area contributed by atoms with E-state index in [-0.39, 0.29) is 0 Å².